The highest BCUT2D eigenvalue weighted by molar-refractivity contribution is 5.73. The number of anilines is 2. The second kappa shape index (κ2) is 5.79. The van der Waals surface area contributed by atoms with Crippen molar-refractivity contribution in [3.05, 3.63) is 59.7 Å². The Balaban J connectivity index is 2.20. The number of nitrogens with two attached hydrogens (primary N) is 1. The molecule has 1 heterocycles. The minimum absolute atomic E-state index is 0.334. The van der Waals surface area contributed by atoms with Gasteiger partial charge in [0.05, 0.1) is 5.69 Å². The molecule has 3 rings (SSSR count). The molecule has 22 heavy (non-hydrogen) atoms. The van der Waals surface area contributed by atoms with E-state index in [0.717, 1.165) is 22.5 Å². The van der Waals surface area contributed by atoms with E-state index in [9.17, 15) is 9.90 Å². The van der Waals surface area contributed by atoms with Crippen LogP contribution in [0.25, 0.3) is 0 Å². The van der Waals surface area contributed by atoms with Crippen LogP contribution in [0.3, 0.4) is 0 Å². The van der Waals surface area contributed by atoms with Crippen LogP contribution in [0.4, 0.5) is 11.4 Å². The van der Waals surface area contributed by atoms with E-state index >= 15 is 0 Å². The Kier molecular flexibility index (Phi) is 3.83. The Bertz CT molecular complexity index is 700. The van der Waals surface area contributed by atoms with Gasteiger partial charge in [-0.05, 0) is 17.7 Å². The van der Waals surface area contributed by atoms with E-state index in [0.29, 0.717) is 6.42 Å². The van der Waals surface area contributed by atoms with Crippen molar-refractivity contribution in [2.24, 2.45) is 5.73 Å². The molecule has 0 aromatic heterocycles. The van der Waals surface area contributed by atoms with Crippen LogP contribution in [-0.2, 0) is 16.0 Å². The molecule has 0 amide bonds. The van der Waals surface area contributed by atoms with Gasteiger partial charge in [0, 0.05) is 24.6 Å². The Morgan fingerprint density at radius 3 is 2.55 bits per heavy atom. The number of aliphatic hydroxyl groups excluding tert-OH is 1. The topological polar surface area (TPSA) is 75.8 Å². The van der Waals surface area contributed by atoms with Crippen molar-refractivity contribution in [1.82, 2.24) is 0 Å². The summed E-state index contributed by atoms with van der Waals surface area (Å²) in [5.74, 6) is -0.334. The minimum atomic E-state index is -1.18. The lowest BCUT2D eigenvalue weighted by atomic mass is 10.0. The third kappa shape index (κ3) is 2.56. The highest BCUT2D eigenvalue weighted by Gasteiger charge is 2.30. The Labute approximate surface area is 128 Å². The second-order valence-electron chi connectivity index (χ2n) is 5.27. The molecule has 1 aliphatic heterocycles. The van der Waals surface area contributed by atoms with Gasteiger partial charge in [0.15, 0.2) is 6.35 Å². The molecule has 5 heteroatoms. The molecular formula is C17H18N2O3. The van der Waals surface area contributed by atoms with Gasteiger partial charge in [0.1, 0.15) is 6.10 Å². The van der Waals surface area contributed by atoms with Gasteiger partial charge in [-0.3, -0.25) is 10.5 Å². The largest absolute Gasteiger partial charge is 0.457 e. The number of esters is 1. The van der Waals surface area contributed by atoms with Gasteiger partial charge >= 0.3 is 5.97 Å². The number of benzene rings is 2. The first kappa shape index (κ1) is 14.6. The SMILES string of the molecule is CC(=O)O[C@H]1Cc2ccccc2N(C(N)O)c2ccccc21. The highest BCUT2D eigenvalue weighted by Crippen LogP contribution is 2.41. The summed E-state index contributed by atoms with van der Waals surface area (Å²) in [5, 5.41) is 10.1. The van der Waals surface area contributed by atoms with Crippen LogP contribution in [-0.4, -0.2) is 17.4 Å². The third-order valence-electron chi connectivity index (χ3n) is 3.77. The van der Waals surface area contributed by atoms with Gasteiger partial charge in [-0.1, -0.05) is 36.4 Å². The molecule has 5 nitrogen and oxygen atoms in total. The average molecular weight is 298 g/mol. The van der Waals surface area contributed by atoms with Crippen LogP contribution in [0.15, 0.2) is 48.5 Å². The fourth-order valence-corrected chi connectivity index (χ4v) is 2.93. The number of fused-ring (bicyclic) bond motifs is 2. The van der Waals surface area contributed by atoms with E-state index in [1.54, 1.807) is 4.90 Å². The van der Waals surface area contributed by atoms with Gasteiger partial charge < -0.3 is 14.7 Å². The summed E-state index contributed by atoms with van der Waals surface area (Å²) in [6.45, 7) is 1.40. The van der Waals surface area contributed by atoms with Gasteiger partial charge in [0.2, 0.25) is 0 Å². The second-order valence-corrected chi connectivity index (χ2v) is 5.27. The van der Waals surface area contributed by atoms with Crippen molar-refractivity contribution >= 4 is 17.3 Å². The highest BCUT2D eigenvalue weighted by atomic mass is 16.5. The van der Waals surface area contributed by atoms with E-state index in [1.165, 1.54) is 6.92 Å². The summed E-state index contributed by atoms with van der Waals surface area (Å²) in [4.78, 5) is 13.1. The van der Waals surface area contributed by atoms with Crippen molar-refractivity contribution < 1.29 is 14.6 Å². The quantitative estimate of drug-likeness (QED) is 0.657. The van der Waals surface area contributed by atoms with Gasteiger partial charge in [-0.25, -0.2) is 0 Å². The fourth-order valence-electron chi connectivity index (χ4n) is 2.93. The minimum Gasteiger partial charge on any atom is -0.457 e. The van der Waals surface area contributed by atoms with Crippen molar-refractivity contribution in [2.45, 2.75) is 25.8 Å². The number of para-hydroxylation sites is 2. The summed E-state index contributed by atoms with van der Waals surface area (Å²) < 4.78 is 5.49. The van der Waals surface area contributed by atoms with Crippen LogP contribution < -0.4 is 10.6 Å². The lowest BCUT2D eigenvalue weighted by Gasteiger charge is -2.29. The zero-order valence-electron chi connectivity index (χ0n) is 12.3. The monoisotopic (exact) mass is 298 g/mol. The van der Waals surface area contributed by atoms with Crippen LogP contribution >= 0.6 is 0 Å². The average Bonchev–Trinajstić information content (AvgIpc) is 2.61. The first-order valence-electron chi connectivity index (χ1n) is 7.15. The van der Waals surface area contributed by atoms with E-state index in [-0.39, 0.29) is 5.97 Å². The smallest absolute Gasteiger partial charge is 0.303 e. The van der Waals surface area contributed by atoms with E-state index in [1.807, 2.05) is 48.5 Å². The molecule has 0 aliphatic carbocycles. The van der Waals surface area contributed by atoms with Crippen LogP contribution in [0.5, 0.6) is 0 Å². The maximum atomic E-state index is 11.5. The Hall–Kier alpha value is -2.37. The molecule has 3 N–H and O–H groups in total. The molecule has 0 bridgehead atoms. The maximum absolute atomic E-state index is 11.5. The zero-order chi connectivity index (χ0) is 15.7. The zero-order valence-corrected chi connectivity index (χ0v) is 12.3. The molecule has 114 valence electrons. The number of nitrogens with zero attached hydrogens (tertiary/aromatic N) is 1. The molecule has 2 atom stereocenters. The third-order valence-corrected chi connectivity index (χ3v) is 3.77. The van der Waals surface area contributed by atoms with Crippen LogP contribution in [0.2, 0.25) is 0 Å². The molecular weight excluding hydrogens is 280 g/mol. The molecule has 0 fully saturated rings. The molecule has 0 spiro atoms. The molecule has 1 unspecified atom stereocenters. The lowest BCUT2D eigenvalue weighted by molar-refractivity contribution is -0.146. The number of rotatable bonds is 2. The molecule has 2 aromatic carbocycles. The predicted molar refractivity (Wildman–Crippen MR) is 83.4 cm³/mol. The first-order valence-corrected chi connectivity index (χ1v) is 7.15. The predicted octanol–water partition coefficient (Wildman–Crippen LogP) is 2.22. The summed E-state index contributed by atoms with van der Waals surface area (Å²) >= 11 is 0. The molecule has 0 radical (unpaired) electrons. The van der Waals surface area contributed by atoms with Crippen molar-refractivity contribution in [3.8, 4) is 0 Å². The number of hydrogen-bond acceptors (Lipinski definition) is 5. The number of carbonyl (C=O) groups excluding carboxylic acids is 1. The van der Waals surface area contributed by atoms with Crippen LogP contribution in [0, 0.1) is 0 Å². The van der Waals surface area contributed by atoms with Gasteiger partial charge in [-0.15, -0.1) is 0 Å². The van der Waals surface area contributed by atoms with Gasteiger partial charge in [-0.2, -0.15) is 0 Å². The van der Waals surface area contributed by atoms with Crippen molar-refractivity contribution in [3.63, 3.8) is 0 Å². The summed E-state index contributed by atoms with van der Waals surface area (Å²) in [6, 6.07) is 15.2. The first-order chi connectivity index (χ1) is 10.6. The number of hydrogen-bond donors (Lipinski definition) is 2. The van der Waals surface area contributed by atoms with Gasteiger partial charge in [0.25, 0.3) is 0 Å². The van der Waals surface area contributed by atoms with Crippen molar-refractivity contribution in [2.75, 3.05) is 4.90 Å². The maximum Gasteiger partial charge on any atom is 0.303 e. The van der Waals surface area contributed by atoms with Crippen LogP contribution in [0.1, 0.15) is 24.2 Å². The Morgan fingerprint density at radius 1 is 1.23 bits per heavy atom. The summed E-state index contributed by atoms with van der Waals surface area (Å²) in [5.41, 5.74) is 9.15. The number of carbonyl (C=O) groups is 1. The van der Waals surface area contributed by atoms with E-state index in [2.05, 4.69) is 0 Å². The summed E-state index contributed by atoms with van der Waals surface area (Å²) in [7, 11) is 0. The normalized spacial score (nSPS) is 18.0. The number of aliphatic hydroxyl groups is 1. The van der Waals surface area contributed by atoms with E-state index < -0.39 is 12.5 Å². The molecule has 1 aliphatic rings. The summed E-state index contributed by atoms with van der Waals surface area (Å²) in [6.07, 6.45) is -1.05. The Morgan fingerprint density at radius 2 is 1.86 bits per heavy atom. The number of ether oxygens (including phenoxy) is 1. The van der Waals surface area contributed by atoms with Crippen molar-refractivity contribution in [1.29, 1.82) is 0 Å². The fraction of sp³-hybridized carbons (Fsp3) is 0.235. The molecule has 0 saturated heterocycles. The molecule has 2 aromatic rings. The standard InChI is InChI=1S/C17H18N2O3/c1-11(20)22-16-10-12-6-2-4-8-14(12)19(17(18)21)15-9-5-3-7-13(15)16/h2-9,16-17,21H,10,18H2,1H3/t16-,17?/m0/s1. The van der Waals surface area contributed by atoms with E-state index in [4.69, 9.17) is 10.5 Å². The molecule has 0 saturated carbocycles. The lowest BCUT2D eigenvalue weighted by Crippen LogP contribution is -2.39.